The minimum Gasteiger partial charge on any atom is -0.294 e. The number of hydrogen-bond acceptors (Lipinski definition) is 7. The van der Waals surface area contributed by atoms with Gasteiger partial charge in [0.25, 0.3) is 5.56 Å². The zero-order valence-electron chi connectivity index (χ0n) is 18.0. The molecule has 5 heterocycles. The lowest BCUT2D eigenvalue weighted by molar-refractivity contribution is 0.397. The monoisotopic (exact) mass is 489 g/mol. The van der Waals surface area contributed by atoms with Gasteiger partial charge in [0.15, 0.2) is 0 Å². The van der Waals surface area contributed by atoms with Crippen LogP contribution in [0.3, 0.4) is 0 Å². The second kappa shape index (κ2) is 8.08. The van der Waals surface area contributed by atoms with Crippen molar-refractivity contribution >= 4 is 42.5 Å². The molecule has 170 valence electrons. The Hall–Kier alpha value is -3.47. The number of sulfonamides is 1. The molecule has 0 atom stereocenters. The molecule has 5 aromatic rings. The fourth-order valence-electron chi connectivity index (χ4n) is 4.42. The van der Waals surface area contributed by atoms with Crippen LogP contribution in [0, 0.1) is 0 Å². The standard InChI is InChI=1S/C24H19N5O3S2/c30-24-21-18-8-11-29(34(31,32)20-7-1-5-17-6-3-10-26-22(17)20)14-19(18)33-23(21)27-15-28(24)13-16-4-2-9-25-12-16/h1-7,9-10,12,15H,8,11,13-14H2. The molecule has 0 aliphatic carbocycles. The van der Waals surface area contributed by atoms with Crippen molar-refractivity contribution in [2.75, 3.05) is 6.54 Å². The summed E-state index contributed by atoms with van der Waals surface area (Å²) in [7, 11) is -3.76. The number of thiophene rings is 1. The molecule has 1 aliphatic heterocycles. The molecule has 0 fully saturated rings. The Kier molecular flexibility index (Phi) is 5.01. The minimum absolute atomic E-state index is 0.110. The Morgan fingerprint density at radius 2 is 1.88 bits per heavy atom. The van der Waals surface area contributed by atoms with E-state index < -0.39 is 10.0 Å². The van der Waals surface area contributed by atoms with Gasteiger partial charge in [0.2, 0.25) is 10.0 Å². The average Bonchev–Trinajstić information content (AvgIpc) is 3.24. The second-order valence-corrected chi connectivity index (χ2v) is 11.1. The summed E-state index contributed by atoms with van der Waals surface area (Å²) in [6.07, 6.45) is 7.03. The molecule has 0 saturated heterocycles. The van der Waals surface area contributed by atoms with Gasteiger partial charge in [0, 0.05) is 41.9 Å². The Morgan fingerprint density at radius 3 is 2.74 bits per heavy atom. The van der Waals surface area contributed by atoms with Gasteiger partial charge < -0.3 is 0 Å². The smallest absolute Gasteiger partial charge is 0.262 e. The van der Waals surface area contributed by atoms with Crippen LogP contribution in [0.2, 0.25) is 0 Å². The lowest BCUT2D eigenvalue weighted by Crippen LogP contribution is -2.35. The molecule has 0 radical (unpaired) electrons. The Labute approximate surface area is 199 Å². The normalized spacial score (nSPS) is 14.5. The highest BCUT2D eigenvalue weighted by Crippen LogP contribution is 2.35. The maximum Gasteiger partial charge on any atom is 0.262 e. The predicted molar refractivity (Wildman–Crippen MR) is 130 cm³/mol. The van der Waals surface area contributed by atoms with E-state index in [1.54, 1.807) is 47.7 Å². The first-order chi connectivity index (χ1) is 16.5. The van der Waals surface area contributed by atoms with Crippen molar-refractivity contribution < 1.29 is 8.42 Å². The maximum atomic E-state index is 13.6. The molecule has 1 aromatic carbocycles. The number of nitrogens with zero attached hydrogens (tertiary/aromatic N) is 5. The van der Waals surface area contributed by atoms with Gasteiger partial charge in [-0.2, -0.15) is 4.31 Å². The van der Waals surface area contributed by atoms with Crippen molar-refractivity contribution in [1.29, 1.82) is 0 Å². The maximum absolute atomic E-state index is 13.6. The van der Waals surface area contributed by atoms with Gasteiger partial charge in [-0.05, 0) is 35.7 Å². The number of rotatable bonds is 4. The zero-order valence-corrected chi connectivity index (χ0v) is 19.6. The molecule has 4 aromatic heterocycles. The number of para-hydroxylation sites is 1. The number of pyridine rings is 2. The summed E-state index contributed by atoms with van der Waals surface area (Å²) in [5, 5.41) is 1.37. The Bertz CT molecular complexity index is 1710. The van der Waals surface area contributed by atoms with E-state index in [1.165, 1.54) is 15.6 Å². The molecule has 0 bridgehead atoms. The summed E-state index contributed by atoms with van der Waals surface area (Å²) in [5.74, 6) is 0. The lowest BCUT2D eigenvalue weighted by Gasteiger charge is -2.26. The van der Waals surface area contributed by atoms with Gasteiger partial charge in [-0.1, -0.05) is 24.3 Å². The van der Waals surface area contributed by atoms with E-state index in [0.29, 0.717) is 35.2 Å². The van der Waals surface area contributed by atoms with Crippen LogP contribution in [0.4, 0.5) is 0 Å². The van der Waals surface area contributed by atoms with Gasteiger partial charge in [0.1, 0.15) is 9.73 Å². The van der Waals surface area contributed by atoms with E-state index in [4.69, 9.17) is 0 Å². The zero-order chi connectivity index (χ0) is 23.3. The van der Waals surface area contributed by atoms with Crippen molar-refractivity contribution in [2.24, 2.45) is 0 Å². The second-order valence-electron chi connectivity index (χ2n) is 8.14. The van der Waals surface area contributed by atoms with Crippen LogP contribution in [-0.4, -0.2) is 38.8 Å². The van der Waals surface area contributed by atoms with Crippen LogP contribution in [0.1, 0.15) is 16.0 Å². The van der Waals surface area contributed by atoms with Crippen LogP contribution in [0.15, 0.2) is 77.1 Å². The van der Waals surface area contributed by atoms with Gasteiger partial charge in [-0.15, -0.1) is 11.3 Å². The summed E-state index contributed by atoms with van der Waals surface area (Å²) < 4.78 is 30.2. The largest absolute Gasteiger partial charge is 0.294 e. The van der Waals surface area contributed by atoms with E-state index in [1.807, 2.05) is 24.3 Å². The molecule has 1 aliphatic rings. The summed E-state index contributed by atoms with van der Waals surface area (Å²) in [6, 6.07) is 12.6. The fourth-order valence-corrected chi connectivity index (χ4v) is 7.27. The van der Waals surface area contributed by atoms with Crippen LogP contribution in [0.5, 0.6) is 0 Å². The third-order valence-corrected chi connectivity index (χ3v) is 9.08. The van der Waals surface area contributed by atoms with Crippen LogP contribution < -0.4 is 5.56 Å². The topological polar surface area (TPSA) is 98.0 Å². The van der Waals surface area contributed by atoms with Gasteiger partial charge >= 0.3 is 0 Å². The highest BCUT2D eigenvalue weighted by atomic mass is 32.2. The average molecular weight is 490 g/mol. The van der Waals surface area contributed by atoms with Crippen LogP contribution >= 0.6 is 11.3 Å². The van der Waals surface area contributed by atoms with Crippen LogP contribution in [0.25, 0.3) is 21.1 Å². The molecule has 0 N–H and O–H groups in total. The lowest BCUT2D eigenvalue weighted by atomic mass is 10.1. The van der Waals surface area contributed by atoms with Crippen LogP contribution in [-0.2, 0) is 29.5 Å². The Balaban J connectivity index is 1.37. The van der Waals surface area contributed by atoms with Gasteiger partial charge in [-0.25, -0.2) is 13.4 Å². The highest BCUT2D eigenvalue weighted by Gasteiger charge is 2.32. The van der Waals surface area contributed by atoms with E-state index in [-0.39, 0.29) is 17.0 Å². The van der Waals surface area contributed by atoms with E-state index in [2.05, 4.69) is 15.0 Å². The highest BCUT2D eigenvalue weighted by molar-refractivity contribution is 7.89. The number of fused-ring (bicyclic) bond motifs is 4. The minimum atomic E-state index is -3.76. The number of benzene rings is 1. The van der Waals surface area contributed by atoms with Crippen molar-refractivity contribution in [3.63, 3.8) is 0 Å². The van der Waals surface area contributed by atoms with Gasteiger partial charge in [-0.3, -0.25) is 19.3 Å². The summed E-state index contributed by atoms with van der Waals surface area (Å²) in [4.78, 5) is 27.9. The molecule has 0 unspecified atom stereocenters. The molecule has 6 rings (SSSR count). The number of hydrogen-bond donors (Lipinski definition) is 0. The molecule has 8 nitrogen and oxygen atoms in total. The summed E-state index contributed by atoms with van der Waals surface area (Å²) >= 11 is 1.39. The van der Waals surface area contributed by atoms with E-state index in [0.717, 1.165) is 21.4 Å². The first-order valence-electron chi connectivity index (χ1n) is 10.7. The molecule has 10 heteroatoms. The SMILES string of the molecule is O=c1c2c3c(sc2ncn1Cc1cccnc1)CN(S(=O)(=O)c1cccc2cccnc12)CC3. The molecule has 0 saturated carbocycles. The first kappa shape index (κ1) is 21.1. The molecule has 0 amide bonds. The first-order valence-corrected chi connectivity index (χ1v) is 13.0. The summed E-state index contributed by atoms with van der Waals surface area (Å²) in [5.41, 5.74) is 2.17. The van der Waals surface area contributed by atoms with Crippen molar-refractivity contribution in [1.82, 2.24) is 23.8 Å². The summed E-state index contributed by atoms with van der Waals surface area (Å²) in [6.45, 7) is 0.889. The van der Waals surface area contributed by atoms with E-state index in [9.17, 15) is 13.2 Å². The van der Waals surface area contributed by atoms with E-state index >= 15 is 0 Å². The fraction of sp³-hybridized carbons (Fsp3) is 0.167. The third kappa shape index (κ3) is 3.42. The van der Waals surface area contributed by atoms with Gasteiger partial charge in [0.05, 0.1) is 23.8 Å². The molecule has 34 heavy (non-hydrogen) atoms. The molecular formula is C24H19N5O3S2. The van der Waals surface area contributed by atoms with Crippen molar-refractivity contribution in [2.45, 2.75) is 24.4 Å². The number of aromatic nitrogens is 4. The molecular weight excluding hydrogens is 470 g/mol. The van der Waals surface area contributed by atoms with Crippen molar-refractivity contribution in [3.8, 4) is 0 Å². The quantitative estimate of drug-likeness (QED) is 0.385. The third-order valence-electron chi connectivity index (χ3n) is 6.08. The predicted octanol–water partition coefficient (Wildman–Crippen LogP) is 3.20. The van der Waals surface area contributed by atoms with Crippen molar-refractivity contribution in [3.05, 3.63) is 93.7 Å². The Morgan fingerprint density at radius 1 is 1.03 bits per heavy atom. The molecule has 0 spiro atoms.